The van der Waals surface area contributed by atoms with Gasteiger partial charge in [0.05, 0.1) is 5.69 Å². The van der Waals surface area contributed by atoms with E-state index >= 15 is 0 Å². The Kier molecular flexibility index (Phi) is 4.36. The van der Waals surface area contributed by atoms with Crippen molar-refractivity contribution in [1.82, 2.24) is 4.57 Å². The molecule has 1 amide bonds. The highest BCUT2D eigenvalue weighted by Gasteiger charge is 2.29. The van der Waals surface area contributed by atoms with Crippen molar-refractivity contribution in [3.63, 3.8) is 0 Å². The van der Waals surface area contributed by atoms with Crippen LogP contribution in [-0.4, -0.2) is 17.5 Å². The normalized spacial score (nSPS) is 14.8. The van der Waals surface area contributed by atoms with E-state index in [-0.39, 0.29) is 5.91 Å². The van der Waals surface area contributed by atoms with Crippen molar-refractivity contribution in [3.8, 4) is 0 Å². The minimum absolute atomic E-state index is 0.0326. The molecule has 0 saturated heterocycles. The molecule has 2 heterocycles. The Labute approximate surface area is 178 Å². The van der Waals surface area contributed by atoms with Gasteiger partial charge in [0.15, 0.2) is 0 Å². The maximum absolute atomic E-state index is 12.9. The molecule has 5 rings (SSSR count). The van der Waals surface area contributed by atoms with Gasteiger partial charge in [0, 0.05) is 51.9 Å². The summed E-state index contributed by atoms with van der Waals surface area (Å²) in [4.78, 5) is 14.6. The number of hydrogen-bond donors (Lipinski definition) is 0. The van der Waals surface area contributed by atoms with Crippen LogP contribution in [0.25, 0.3) is 22.6 Å². The third-order valence-electron chi connectivity index (χ3n) is 5.46. The standard InChI is InChI=1S/C25H19BrN2O/c1-27-23-10-6-5-9-20(23)22(25(27)29)13-18-16-28(15-17-7-3-2-4-8-17)24-12-11-19(26)14-21(18)24/h2-14,16H,15H2,1H3. The molecule has 4 aromatic rings. The smallest absolute Gasteiger partial charge is 0.258 e. The predicted octanol–water partition coefficient (Wildman–Crippen LogP) is 5.97. The van der Waals surface area contributed by atoms with E-state index in [0.717, 1.165) is 44.3 Å². The molecule has 0 unspecified atom stereocenters. The fourth-order valence-corrected chi connectivity index (χ4v) is 4.38. The number of aromatic nitrogens is 1. The predicted molar refractivity (Wildman–Crippen MR) is 123 cm³/mol. The van der Waals surface area contributed by atoms with Gasteiger partial charge in [-0.2, -0.15) is 0 Å². The number of carbonyl (C=O) groups excluding carboxylic acids is 1. The lowest BCUT2D eigenvalue weighted by molar-refractivity contribution is -0.112. The molecule has 0 N–H and O–H groups in total. The molecule has 29 heavy (non-hydrogen) atoms. The van der Waals surface area contributed by atoms with Crippen molar-refractivity contribution < 1.29 is 4.79 Å². The van der Waals surface area contributed by atoms with Gasteiger partial charge in [0.1, 0.15) is 0 Å². The van der Waals surface area contributed by atoms with E-state index in [1.165, 1.54) is 5.56 Å². The Morgan fingerprint density at radius 2 is 1.72 bits per heavy atom. The van der Waals surface area contributed by atoms with Gasteiger partial charge >= 0.3 is 0 Å². The van der Waals surface area contributed by atoms with E-state index in [1.807, 2.05) is 43.5 Å². The molecule has 0 atom stereocenters. The lowest BCUT2D eigenvalue weighted by Gasteiger charge is -2.07. The van der Waals surface area contributed by atoms with Crippen LogP contribution in [-0.2, 0) is 11.3 Å². The number of hydrogen-bond acceptors (Lipinski definition) is 1. The molecule has 1 aliphatic heterocycles. The van der Waals surface area contributed by atoms with E-state index in [2.05, 4.69) is 69.2 Å². The van der Waals surface area contributed by atoms with Gasteiger partial charge in [0.2, 0.25) is 0 Å². The molecule has 0 aliphatic carbocycles. The van der Waals surface area contributed by atoms with Crippen molar-refractivity contribution in [2.75, 3.05) is 11.9 Å². The number of nitrogens with zero attached hydrogens (tertiary/aromatic N) is 2. The molecular weight excluding hydrogens is 424 g/mol. The molecule has 0 fully saturated rings. The molecule has 3 aromatic carbocycles. The fraction of sp³-hybridized carbons (Fsp3) is 0.0800. The second kappa shape index (κ2) is 7.05. The van der Waals surface area contributed by atoms with E-state index in [0.29, 0.717) is 0 Å². The highest BCUT2D eigenvalue weighted by molar-refractivity contribution is 9.10. The SMILES string of the molecule is CN1C(=O)C(=Cc2cn(Cc3ccccc3)c3ccc(Br)cc23)c2ccccc21. The number of para-hydroxylation sites is 1. The van der Waals surface area contributed by atoms with Gasteiger partial charge in [-0.1, -0.05) is 64.5 Å². The van der Waals surface area contributed by atoms with Crippen LogP contribution in [0.15, 0.2) is 83.5 Å². The largest absolute Gasteiger partial charge is 0.342 e. The van der Waals surface area contributed by atoms with Crippen LogP contribution >= 0.6 is 15.9 Å². The Morgan fingerprint density at radius 1 is 0.966 bits per heavy atom. The molecule has 1 aromatic heterocycles. The van der Waals surface area contributed by atoms with Gasteiger partial charge in [-0.05, 0) is 35.9 Å². The summed E-state index contributed by atoms with van der Waals surface area (Å²) in [6.45, 7) is 0.784. The average molecular weight is 443 g/mol. The number of benzene rings is 3. The Balaban J connectivity index is 1.67. The number of fused-ring (bicyclic) bond motifs is 2. The Morgan fingerprint density at radius 3 is 2.55 bits per heavy atom. The van der Waals surface area contributed by atoms with Crippen LogP contribution in [0.2, 0.25) is 0 Å². The van der Waals surface area contributed by atoms with Crippen LogP contribution in [0.3, 0.4) is 0 Å². The number of carbonyl (C=O) groups is 1. The van der Waals surface area contributed by atoms with E-state index in [9.17, 15) is 4.79 Å². The van der Waals surface area contributed by atoms with Crippen molar-refractivity contribution in [3.05, 3.63) is 100 Å². The second-order valence-corrected chi connectivity index (χ2v) is 8.21. The van der Waals surface area contributed by atoms with Crippen molar-refractivity contribution in [2.24, 2.45) is 0 Å². The molecule has 0 bridgehead atoms. The Bertz CT molecular complexity index is 1270. The average Bonchev–Trinajstić information content (AvgIpc) is 3.19. The zero-order chi connectivity index (χ0) is 20.0. The van der Waals surface area contributed by atoms with E-state index in [4.69, 9.17) is 0 Å². The van der Waals surface area contributed by atoms with Gasteiger partial charge in [-0.3, -0.25) is 4.79 Å². The van der Waals surface area contributed by atoms with Crippen LogP contribution < -0.4 is 4.90 Å². The van der Waals surface area contributed by atoms with Crippen molar-refractivity contribution >= 4 is 50.1 Å². The zero-order valence-corrected chi connectivity index (χ0v) is 17.6. The third-order valence-corrected chi connectivity index (χ3v) is 5.95. The first-order valence-electron chi connectivity index (χ1n) is 9.53. The summed E-state index contributed by atoms with van der Waals surface area (Å²) in [5.41, 5.74) is 6.12. The molecular formula is C25H19BrN2O. The topological polar surface area (TPSA) is 25.2 Å². The number of anilines is 1. The minimum atomic E-state index is 0.0326. The van der Waals surface area contributed by atoms with Crippen molar-refractivity contribution in [1.29, 1.82) is 0 Å². The van der Waals surface area contributed by atoms with Crippen LogP contribution in [0.5, 0.6) is 0 Å². The van der Waals surface area contributed by atoms with Crippen LogP contribution in [0, 0.1) is 0 Å². The molecule has 0 saturated carbocycles. The van der Waals surface area contributed by atoms with Crippen LogP contribution in [0.4, 0.5) is 5.69 Å². The highest BCUT2D eigenvalue weighted by Crippen LogP contribution is 2.38. The quantitative estimate of drug-likeness (QED) is 0.358. The molecule has 0 radical (unpaired) electrons. The number of rotatable bonds is 3. The molecule has 1 aliphatic rings. The second-order valence-electron chi connectivity index (χ2n) is 7.30. The maximum Gasteiger partial charge on any atom is 0.258 e. The molecule has 4 heteroatoms. The third kappa shape index (κ3) is 3.10. The van der Waals surface area contributed by atoms with Gasteiger partial charge in [0.25, 0.3) is 5.91 Å². The van der Waals surface area contributed by atoms with Crippen molar-refractivity contribution in [2.45, 2.75) is 6.54 Å². The Hall–Kier alpha value is -3.11. The lowest BCUT2D eigenvalue weighted by Crippen LogP contribution is -2.20. The van der Waals surface area contributed by atoms with Gasteiger partial charge < -0.3 is 9.47 Å². The summed E-state index contributed by atoms with van der Waals surface area (Å²) in [6, 6.07) is 24.7. The first kappa shape index (κ1) is 18.0. The summed E-state index contributed by atoms with van der Waals surface area (Å²) < 4.78 is 3.27. The van der Waals surface area contributed by atoms with Gasteiger partial charge in [-0.25, -0.2) is 0 Å². The summed E-state index contributed by atoms with van der Waals surface area (Å²) in [5.74, 6) is 0.0326. The first-order valence-corrected chi connectivity index (χ1v) is 10.3. The fourth-order valence-electron chi connectivity index (χ4n) is 4.02. The number of halogens is 1. The summed E-state index contributed by atoms with van der Waals surface area (Å²) in [7, 11) is 1.83. The summed E-state index contributed by atoms with van der Waals surface area (Å²) in [5, 5.41) is 1.13. The monoisotopic (exact) mass is 442 g/mol. The van der Waals surface area contributed by atoms with E-state index < -0.39 is 0 Å². The molecule has 0 spiro atoms. The lowest BCUT2D eigenvalue weighted by atomic mass is 10.0. The molecule has 142 valence electrons. The number of likely N-dealkylation sites (N-methyl/N-ethyl adjacent to an activating group) is 1. The van der Waals surface area contributed by atoms with Gasteiger partial charge in [-0.15, -0.1) is 0 Å². The van der Waals surface area contributed by atoms with Crippen LogP contribution in [0.1, 0.15) is 16.7 Å². The van der Waals surface area contributed by atoms with E-state index in [1.54, 1.807) is 4.90 Å². The zero-order valence-electron chi connectivity index (χ0n) is 16.0. The maximum atomic E-state index is 12.9. The summed E-state index contributed by atoms with van der Waals surface area (Å²) in [6.07, 6.45) is 4.17. The minimum Gasteiger partial charge on any atom is -0.342 e. The first-order chi connectivity index (χ1) is 14.1. The summed E-state index contributed by atoms with van der Waals surface area (Å²) >= 11 is 3.60. The highest BCUT2D eigenvalue weighted by atomic mass is 79.9. The number of amides is 1. The molecule has 3 nitrogen and oxygen atoms in total.